The van der Waals surface area contributed by atoms with Gasteiger partial charge < -0.3 is 9.47 Å². The highest BCUT2D eigenvalue weighted by Gasteiger charge is 2.19. The number of rotatable bonds is 1. The summed E-state index contributed by atoms with van der Waals surface area (Å²) in [4.78, 5) is 6.64. The van der Waals surface area contributed by atoms with E-state index in [-0.39, 0.29) is 0 Å². The van der Waals surface area contributed by atoms with Crippen LogP contribution in [-0.4, -0.2) is 34.6 Å². The van der Waals surface area contributed by atoms with Gasteiger partial charge in [-0.25, -0.2) is 0 Å². The molecule has 1 saturated heterocycles. The molecule has 0 N–H and O–H groups in total. The van der Waals surface area contributed by atoms with E-state index in [2.05, 4.69) is 40.7 Å². The maximum absolute atomic E-state index is 4.22. The van der Waals surface area contributed by atoms with Gasteiger partial charge in [-0.15, -0.1) is 0 Å². The number of hydrogen-bond acceptors (Lipinski definition) is 2. The molecular weight excluding hydrogens is 210 g/mol. The van der Waals surface area contributed by atoms with E-state index < -0.39 is 0 Å². The van der Waals surface area contributed by atoms with Crippen LogP contribution in [0.4, 0.5) is 0 Å². The Balaban J connectivity index is 2.00. The van der Waals surface area contributed by atoms with Crippen LogP contribution in [0.2, 0.25) is 0 Å². The Bertz CT molecular complexity index is 521. The monoisotopic (exact) mass is 229 g/mol. The highest BCUT2D eigenvalue weighted by molar-refractivity contribution is 5.82. The number of likely N-dealkylation sites (tertiary alicyclic amines) is 1. The van der Waals surface area contributed by atoms with Crippen LogP contribution in [0.1, 0.15) is 24.4 Å². The van der Waals surface area contributed by atoms with Crippen molar-refractivity contribution in [3.05, 3.63) is 30.2 Å². The number of piperidine rings is 1. The molecule has 3 heterocycles. The van der Waals surface area contributed by atoms with Gasteiger partial charge in [-0.05, 0) is 51.5 Å². The van der Waals surface area contributed by atoms with Gasteiger partial charge in [0.2, 0.25) is 0 Å². The summed E-state index contributed by atoms with van der Waals surface area (Å²) in [5.41, 5.74) is 2.68. The lowest BCUT2D eigenvalue weighted by Gasteiger charge is -2.30. The predicted octanol–water partition coefficient (Wildman–Crippen LogP) is 2.61. The fourth-order valence-corrected chi connectivity index (χ4v) is 2.84. The highest BCUT2D eigenvalue weighted by Crippen LogP contribution is 2.28. The van der Waals surface area contributed by atoms with Crippen LogP contribution in [0.15, 0.2) is 24.7 Å². The van der Waals surface area contributed by atoms with E-state index in [0.29, 0.717) is 6.04 Å². The van der Waals surface area contributed by atoms with E-state index >= 15 is 0 Å². The molecule has 1 fully saturated rings. The van der Waals surface area contributed by atoms with Crippen molar-refractivity contribution in [2.24, 2.45) is 0 Å². The number of hydrogen-bond donors (Lipinski definition) is 0. The van der Waals surface area contributed by atoms with Gasteiger partial charge in [0.05, 0.1) is 5.52 Å². The lowest BCUT2D eigenvalue weighted by atomic mass is 10.1. The quantitative estimate of drug-likeness (QED) is 0.749. The molecule has 2 aromatic rings. The Morgan fingerprint density at radius 3 is 2.82 bits per heavy atom. The van der Waals surface area contributed by atoms with Crippen molar-refractivity contribution in [1.29, 1.82) is 0 Å². The highest BCUT2D eigenvalue weighted by atomic mass is 15.1. The summed E-state index contributed by atoms with van der Waals surface area (Å²) in [6, 6.07) is 2.80. The maximum atomic E-state index is 4.22. The minimum atomic E-state index is 0.657. The topological polar surface area (TPSA) is 21.1 Å². The van der Waals surface area contributed by atoms with Crippen molar-refractivity contribution in [1.82, 2.24) is 14.5 Å². The molecule has 17 heavy (non-hydrogen) atoms. The molecule has 0 unspecified atom stereocenters. The fourth-order valence-electron chi connectivity index (χ4n) is 2.84. The molecule has 3 nitrogen and oxygen atoms in total. The predicted molar refractivity (Wildman–Crippen MR) is 70.2 cm³/mol. The summed E-state index contributed by atoms with van der Waals surface area (Å²) < 4.78 is 2.46. The first-order valence-electron chi connectivity index (χ1n) is 6.35. The molecule has 0 aliphatic carbocycles. The standard InChI is InChI=1S/C14H19N3/c1-11-10-17(12-4-7-16(2)8-5-12)14-3-6-15-9-13(11)14/h3,6,9-10,12H,4-5,7-8H2,1-2H3. The van der Waals surface area contributed by atoms with E-state index in [1.54, 1.807) is 0 Å². The average molecular weight is 229 g/mol. The van der Waals surface area contributed by atoms with Crippen LogP contribution in [0.5, 0.6) is 0 Å². The second-order valence-electron chi connectivity index (χ2n) is 5.15. The number of nitrogens with zero attached hydrogens (tertiary/aromatic N) is 3. The number of pyridine rings is 1. The fraction of sp³-hybridized carbons (Fsp3) is 0.500. The normalized spacial score (nSPS) is 18.9. The van der Waals surface area contributed by atoms with Gasteiger partial charge in [0, 0.05) is 30.0 Å². The average Bonchev–Trinajstić information content (AvgIpc) is 2.69. The molecule has 0 aromatic carbocycles. The van der Waals surface area contributed by atoms with Crippen LogP contribution in [0.25, 0.3) is 10.9 Å². The Morgan fingerprint density at radius 2 is 2.06 bits per heavy atom. The van der Waals surface area contributed by atoms with Gasteiger partial charge in [-0.3, -0.25) is 4.98 Å². The largest absolute Gasteiger partial charge is 0.344 e. The molecule has 0 saturated carbocycles. The van der Waals surface area contributed by atoms with Crippen molar-refractivity contribution in [2.45, 2.75) is 25.8 Å². The molecule has 0 bridgehead atoms. The Hall–Kier alpha value is -1.35. The third kappa shape index (κ3) is 1.84. The number of fused-ring (bicyclic) bond motifs is 1. The van der Waals surface area contributed by atoms with Crippen LogP contribution in [0, 0.1) is 6.92 Å². The molecule has 0 spiro atoms. The first-order chi connectivity index (χ1) is 8.25. The lowest BCUT2D eigenvalue weighted by Crippen LogP contribution is -2.31. The van der Waals surface area contributed by atoms with E-state index in [9.17, 15) is 0 Å². The lowest BCUT2D eigenvalue weighted by molar-refractivity contribution is 0.224. The zero-order valence-corrected chi connectivity index (χ0v) is 10.6. The minimum Gasteiger partial charge on any atom is -0.344 e. The minimum absolute atomic E-state index is 0.657. The summed E-state index contributed by atoms with van der Waals surface area (Å²) in [6.45, 7) is 4.58. The van der Waals surface area contributed by atoms with Crippen LogP contribution in [-0.2, 0) is 0 Å². The third-order valence-electron chi connectivity index (χ3n) is 3.92. The molecule has 0 amide bonds. The Morgan fingerprint density at radius 1 is 1.29 bits per heavy atom. The Kier molecular flexibility index (Phi) is 2.63. The van der Waals surface area contributed by atoms with E-state index in [1.807, 2.05) is 12.4 Å². The summed E-state index contributed by atoms with van der Waals surface area (Å²) in [5.74, 6) is 0. The van der Waals surface area contributed by atoms with Gasteiger partial charge >= 0.3 is 0 Å². The molecule has 3 heteroatoms. The van der Waals surface area contributed by atoms with E-state index in [1.165, 1.54) is 42.4 Å². The van der Waals surface area contributed by atoms with Crippen molar-refractivity contribution in [3.63, 3.8) is 0 Å². The smallest absolute Gasteiger partial charge is 0.0516 e. The van der Waals surface area contributed by atoms with E-state index in [0.717, 1.165) is 0 Å². The molecule has 1 aliphatic heterocycles. The van der Waals surface area contributed by atoms with Crippen molar-refractivity contribution in [3.8, 4) is 0 Å². The van der Waals surface area contributed by atoms with Gasteiger partial charge in [-0.1, -0.05) is 0 Å². The van der Waals surface area contributed by atoms with E-state index in [4.69, 9.17) is 0 Å². The molecule has 0 radical (unpaired) electrons. The van der Waals surface area contributed by atoms with Crippen molar-refractivity contribution >= 4 is 10.9 Å². The van der Waals surface area contributed by atoms with Crippen LogP contribution < -0.4 is 0 Å². The first-order valence-corrected chi connectivity index (χ1v) is 6.35. The molecule has 1 aliphatic rings. The summed E-state index contributed by atoms with van der Waals surface area (Å²) in [6.07, 6.45) is 8.68. The molecule has 3 rings (SSSR count). The summed E-state index contributed by atoms with van der Waals surface area (Å²) in [5, 5.41) is 1.30. The SMILES string of the molecule is Cc1cn(C2CCN(C)CC2)c2ccncc12. The molecule has 90 valence electrons. The molecule has 0 atom stereocenters. The van der Waals surface area contributed by atoms with Crippen LogP contribution in [0.3, 0.4) is 0 Å². The number of aryl methyl sites for hydroxylation is 1. The number of aromatic nitrogens is 2. The zero-order valence-electron chi connectivity index (χ0n) is 10.6. The molecular formula is C14H19N3. The van der Waals surface area contributed by atoms with Crippen LogP contribution >= 0.6 is 0 Å². The third-order valence-corrected chi connectivity index (χ3v) is 3.92. The summed E-state index contributed by atoms with van der Waals surface area (Å²) in [7, 11) is 2.21. The Labute approximate surface area is 102 Å². The second kappa shape index (κ2) is 4.15. The van der Waals surface area contributed by atoms with Gasteiger partial charge in [0.1, 0.15) is 0 Å². The zero-order chi connectivity index (χ0) is 11.8. The summed E-state index contributed by atoms with van der Waals surface area (Å²) >= 11 is 0. The second-order valence-corrected chi connectivity index (χ2v) is 5.15. The van der Waals surface area contributed by atoms with Gasteiger partial charge in [0.25, 0.3) is 0 Å². The first kappa shape index (κ1) is 10.8. The van der Waals surface area contributed by atoms with Gasteiger partial charge in [-0.2, -0.15) is 0 Å². The van der Waals surface area contributed by atoms with Gasteiger partial charge in [0.15, 0.2) is 0 Å². The molecule has 2 aromatic heterocycles. The van der Waals surface area contributed by atoms with Crippen molar-refractivity contribution < 1.29 is 0 Å². The maximum Gasteiger partial charge on any atom is 0.0516 e. The van der Waals surface area contributed by atoms with Crippen molar-refractivity contribution in [2.75, 3.05) is 20.1 Å².